The van der Waals surface area contributed by atoms with Crippen molar-refractivity contribution in [1.82, 2.24) is 19.2 Å². The summed E-state index contributed by atoms with van der Waals surface area (Å²) >= 11 is 5.35. The number of likely N-dealkylation sites (tertiary alicyclic amines) is 1. The van der Waals surface area contributed by atoms with E-state index in [0.717, 1.165) is 25.6 Å². The highest BCUT2D eigenvalue weighted by Crippen LogP contribution is 2.10. The molecule has 18 heavy (non-hydrogen) atoms. The third kappa shape index (κ3) is 2.97. The van der Waals surface area contributed by atoms with Crippen LogP contribution in [0.3, 0.4) is 0 Å². The molecule has 100 valence electrons. The second kappa shape index (κ2) is 5.62. The van der Waals surface area contributed by atoms with Crippen LogP contribution in [0.4, 0.5) is 0 Å². The van der Waals surface area contributed by atoms with Crippen LogP contribution < -0.4 is 5.73 Å². The van der Waals surface area contributed by atoms with Gasteiger partial charge in [-0.15, -0.1) is 0 Å². The summed E-state index contributed by atoms with van der Waals surface area (Å²) in [6, 6.07) is 0. The highest BCUT2D eigenvalue weighted by Gasteiger charge is 2.15. The summed E-state index contributed by atoms with van der Waals surface area (Å²) in [5.74, 6) is 0.507. The Morgan fingerprint density at radius 2 is 2.11 bits per heavy atom. The first-order valence-electron chi connectivity index (χ1n) is 6.21. The monoisotopic (exact) mass is 269 g/mol. The zero-order valence-electron chi connectivity index (χ0n) is 10.6. The molecular formula is C11H19N5OS. The summed E-state index contributed by atoms with van der Waals surface area (Å²) in [4.78, 5) is 13.1. The first kappa shape index (κ1) is 13.2. The quantitative estimate of drug-likeness (QED) is 0.787. The fourth-order valence-corrected chi connectivity index (χ4v) is 2.39. The van der Waals surface area contributed by atoms with Gasteiger partial charge in [0.15, 0.2) is 4.77 Å². The third-order valence-electron chi connectivity index (χ3n) is 3.26. The molecule has 1 aliphatic rings. The Morgan fingerprint density at radius 1 is 1.44 bits per heavy atom. The standard InChI is InChI=1S/C11H19N5OS/c1-14-10(5-4-9(12)17)13-16(11(14)18)8-15-6-2-3-7-15/h2-8H2,1H3,(H2,12,17). The summed E-state index contributed by atoms with van der Waals surface area (Å²) in [6.07, 6.45) is 3.34. The molecule has 1 aromatic rings. The molecule has 1 aromatic heterocycles. The van der Waals surface area contributed by atoms with Crippen LogP contribution >= 0.6 is 12.2 Å². The number of amides is 1. The number of nitrogens with zero attached hydrogens (tertiary/aromatic N) is 4. The lowest BCUT2D eigenvalue weighted by molar-refractivity contribution is -0.118. The predicted octanol–water partition coefficient (Wildman–Crippen LogP) is 0.422. The molecule has 0 radical (unpaired) electrons. The average Bonchev–Trinajstić information content (AvgIpc) is 2.91. The molecule has 6 nitrogen and oxygen atoms in total. The molecule has 1 fully saturated rings. The molecule has 1 aliphatic heterocycles. The van der Waals surface area contributed by atoms with Crippen LogP contribution in [0.25, 0.3) is 0 Å². The molecule has 0 aromatic carbocycles. The summed E-state index contributed by atoms with van der Waals surface area (Å²) in [5, 5.41) is 4.47. The number of hydrogen-bond donors (Lipinski definition) is 1. The molecule has 1 saturated heterocycles. The lowest BCUT2D eigenvalue weighted by Gasteiger charge is -2.13. The van der Waals surface area contributed by atoms with Crippen molar-refractivity contribution in [3.05, 3.63) is 10.6 Å². The topological polar surface area (TPSA) is 69.1 Å². The van der Waals surface area contributed by atoms with Gasteiger partial charge in [-0.1, -0.05) is 0 Å². The molecule has 2 heterocycles. The average molecular weight is 269 g/mol. The van der Waals surface area contributed by atoms with Gasteiger partial charge in [-0.2, -0.15) is 5.10 Å². The van der Waals surface area contributed by atoms with Crippen molar-refractivity contribution in [3.8, 4) is 0 Å². The molecular weight excluding hydrogens is 250 g/mol. The Labute approximate surface area is 111 Å². The van der Waals surface area contributed by atoms with E-state index in [2.05, 4.69) is 10.00 Å². The van der Waals surface area contributed by atoms with Crippen molar-refractivity contribution in [2.45, 2.75) is 32.4 Å². The van der Waals surface area contributed by atoms with Gasteiger partial charge < -0.3 is 10.3 Å². The molecule has 0 unspecified atom stereocenters. The minimum absolute atomic E-state index is 0.309. The molecule has 0 bridgehead atoms. The predicted molar refractivity (Wildman–Crippen MR) is 70.4 cm³/mol. The summed E-state index contributed by atoms with van der Waals surface area (Å²) in [5.41, 5.74) is 5.15. The Morgan fingerprint density at radius 3 is 2.72 bits per heavy atom. The second-order valence-corrected chi connectivity index (χ2v) is 5.06. The van der Waals surface area contributed by atoms with Crippen LogP contribution in [-0.2, 0) is 24.9 Å². The lowest BCUT2D eigenvalue weighted by atomic mass is 10.3. The Balaban J connectivity index is 2.08. The number of rotatable bonds is 5. The van der Waals surface area contributed by atoms with Gasteiger partial charge >= 0.3 is 0 Å². The van der Waals surface area contributed by atoms with E-state index >= 15 is 0 Å². The number of primary amides is 1. The first-order chi connectivity index (χ1) is 8.58. The second-order valence-electron chi connectivity index (χ2n) is 4.69. The highest BCUT2D eigenvalue weighted by molar-refractivity contribution is 7.71. The van der Waals surface area contributed by atoms with E-state index in [4.69, 9.17) is 18.0 Å². The van der Waals surface area contributed by atoms with E-state index in [1.54, 1.807) is 0 Å². The molecule has 0 saturated carbocycles. The van der Waals surface area contributed by atoms with Crippen molar-refractivity contribution in [2.24, 2.45) is 12.8 Å². The van der Waals surface area contributed by atoms with Gasteiger partial charge in [-0.05, 0) is 38.1 Å². The highest BCUT2D eigenvalue weighted by atomic mass is 32.1. The van der Waals surface area contributed by atoms with Gasteiger partial charge in [0.25, 0.3) is 0 Å². The number of carbonyl (C=O) groups excluding carboxylic acids is 1. The Bertz CT molecular complexity index is 486. The summed E-state index contributed by atoms with van der Waals surface area (Å²) in [7, 11) is 1.88. The van der Waals surface area contributed by atoms with Gasteiger partial charge in [0.2, 0.25) is 5.91 Å². The fourth-order valence-electron chi connectivity index (χ4n) is 2.19. The number of aryl methyl sites for hydroxylation is 1. The van der Waals surface area contributed by atoms with Gasteiger partial charge in [0.05, 0.1) is 6.67 Å². The van der Waals surface area contributed by atoms with Crippen molar-refractivity contribution in [2.75, 3.05) is 13.1 Å². The largest absolute Gasteiger partial charge is 0.370 e. The normalized spacial score (nSPS) is 16.3. The number of aromatic nitrogens is 3. The minimum atomic E-state index is -0.310. The van der Waals surface area contributed by atoms with Crippen LogP contribution in [0, 0.1) is 4.77 Å². The van der Waals surface area contributed by atoms with Gasteiger partial charge in [-0.3, -0.25) is 9.69 Å². The van der Waals surface area contributed by atoms with E-state index < -0.39 is 0 Å². The van der Waals surface area contributed by atoms with E-state index in [1.165, 1.54) is 12.8 Å². The van der Waals surface area contributed by atoms with Crippen LogP contribution in [-0.4, -0.2) is 38.2 Å². The number of hydrogen-bond acceptors (Lipinski definition) is 4. The Kier molecular flexibility index (Phi) is 4.13. The van der Waals surface area contributed by atoms with Crippen LogP contribution in [0.5, 0.6) is 0 Å². The molecule has 0 aliphatic carbocycles. The van der Waals surface area contributed by atoms with E-state index in [0.29, 0.717) is 17.6 Å². The van der Waals surface area contributed by atoms with Crippen molar-refractivity contribution < 1.29 is 4.79 Å². The molecule has 2 rings (SSSR count). The number of nitrogens with two attached hydrogens (primary N) is 1. The molecule has 2 N–H and O–H groups in total. The summed E-state index contributed by atoms with van der Waals surface area (Å²) < 4.78 is 4.38. The van der Waals surface area contributed by atoms with Gasteiger partial charge in [0, 0.05) is 19.9 Å². The SMILES string of the molecule is Cn1c(CCC(N)=O)nn(CN2CCCC2)c1=S. The van der Waals surface area contributed by atoms with Crippen molar-refractivity contribution in [3.63, 3.8) is 0 Å². The molecule has 1 amide bonds. The smallest absolute Gasteiger partial charge is 0.217 e. The van der Waals surface area contributed by atoms with Crippen LogP contribution in [0.1, 0.15) is 25.1 Å². The maximum atomic E-state index is 10.8. The maximum absolute atomic E-state index is 10.8. The van der Waals surface area contributed by atoms with E-state index in [1.807, 2.05) is 16.3 Å². The van der Waals surface area contributed by atoms with Crippen molar-refractivity contribution >= 4 is 18.1 Å². The van der Waals surface area contributed by atoms with Gasteiger partial charge in [-0.25, -0.2) is 4.68 Å². The molecule has 7 heteroatoms. The minimum Gasteiger partial charge on any atom is -0.370 e. The zero-order valence-corrected chi connectivity index (χ0v) is 11.4. The van der Waals surface area contributed by atoms with Crippen LogP contribution in [0.15, 0.2) is 0 Å². The molecule has 0 atom stereocenters. The lowest BCUT2D eigenvalue weighted by Crippen LogP contribution is -2.23. The molecule has 0 spiro atoms. The first-order valence-corrected chi connectivity index (χ1v) is 6.62. The maximum Gasteiger partial charge on any atom is 0.217 e. The summed E-state index contributed by atoms with van der Waals surface area (Å²) in [6.45, 7) is 2.95. The fraction of sp³-hybridized carbons (Fsp3) is 0.727. The third-order valence-corrected chi connectivity index (χ3v) is 3.74. The van der Waals surface area contributed by atoms with Gasteiger partial charge in [0.1, 0.15) is 5.82 Å². The van der Waals surface area contributed by atoms with Crippen molar-refractivity contribution in [1.29, 1.82) is 0 Å². The Hall–Kier alpha value is -1.21. The van der Waals surface area contributed by atoms with E-state index in [9.17, 15) is 4.79 Å². The van der Waals surface area contributed by atoms with E-state index in [-0.39, 0.29) is 5.91 Å². The van der Waals surface area contributed by atoms with Crippen LogP contribution in [0.2, 0.25) is 0 Å². The number of carbonyl (C=O) groups is 1. The zero-order chi connectivity index (χ0) is 13.1.